The quantitative estimate of drug-likeness (QED) is 0.371. The smallest absolute Gasteiger partial charge is 0.269 e. The van der Waals surface area contributed by atoms with E-state index in [0.29, 0.717) is 16.7 Å². The number of nitro benzene ring substituents is 1. The van der Waals surface area contributed by atoms with Gasteiger partial charge in [0.05, 0.1) is 22.5 Å². The normalized spacial score (nSPS) is 10.8. The first-order chi connectivity index (χ1) is 10.5. The topological polar surface area (TPSA) is 107 Å². The number of carbonyl (C=O) groups is 1. The second-order valence-electron chi connectivity index (χ2n) is 4.38. The number of carboxylic acids is 1. The maximum atomic E-state index is 10.7. The molecule has 0 aliphatic rings. The van der Waals surface area contributed by atoms with Crippen molar-refractivity contribution in [3.05, 3.63) is 75.3 Å². The third-order valence-corrected chi connectivity index (χ3v) is 2.97. The van der Waals surface area contributed by atoms with Crippen LogP contribution < -0.4 is 5.11 Å². The van der Waals surface area contributed by atoms with Crippen molar-refractivity contribution < 1.29 is 14.8 Å². The fourth-order valence-electron chi connectivity index (χ4n) is 1.82. The number of aromatic carboxylic acids is 1. The summed E-state index contributed by atoms with van der Waals surface area (Å²) in [5.41, 5.74) is 1.48. The van der Waals surface area contributed by atoms with Crippen LogP contribution in [0.4, 0.5) is 5.69 Å². The van der Waals surface area contributed by atoms with Crippen LogP contribution in [-0.2, 0) is 0 Å². The van der Waals surface area contributed by atoms with E-state index in [-0.39, 0.29) is 11.3 Å². The first-order valence-corrected chi connectivity index (χ1v) is 6.19. The van der Waals surface area contributed by atoms with Crippen molar-refractivity contribution in [1.82, 2.24) is 0 Å². The summed E-state index contributed by atoms with van der Waals surface area (Å²) in [7, 11) is 0. The summed E-state index contributed by atoms with van der Waals surface area (Å²) in [6.07, 6.45) is 1.57. The summed E-state index contributed by atoms with van der Waals surface area (Å²) in [5.74, 6) is -1.27. The summed E-state index contributed by atoms with van der Waals surface area (Å²) in [5, 5.41) is 30.5. The zero-order valence-electron chi connectivity index (χ0n) is 11.2. The van der Waals surface area contributed by atoms with Gasteiger partial charge in [-0.05, 0) is 34.9 Å². The van der Waals surface area contributed by atoms with Gasteiger partial charge >= 0.3 is 0 Å². The Morgan fingerprint density at radius 2 is 1.59 bits per heavy atom. The molecular weight excluding hydrogens is 284 g/mol. The van der Waals surface area contributed by atoms with E-state index < -0.39 is 10.9 Å². The molecule has 0 aliphatic carbocycles. The fourth-order valence-corrected chi connectivity index (χ4v) is 1.82. The van der Waals surface area contributed by atoms with Gasteiger partial charge in [-0.25, -0.2) is 0 Å². The molecule has 2 aromatic rings. The van der Waals surface area contributed by atoms with Crippen molar-refractivity contribution in [2.24, 2.45) is 0 Å². The van der Waals surface area contributed by atoms with Crippen LogP contribution in [0.15, 0.2) is 48.5 Å². The Labute approximate surface area is 125 Å². The average molecular weight is 293 g/mol. The van der Waals surface area contributed by atoms with E-state index in [0.717, 1.165) is 0 Å². The number of hydrogen-bond donors (Lipinski definition) is 0. The predicted octanol–water partition coefficient (Wildman–Crippen LogP) is 2.02. The molecule has 0 fully saturated rings. The molecule has 0 aliphatic heterocycles. The van der Waals surface area contributed by atoms with E-state index in [1.54, 1.807) is 18.2 Å². The van der Waals surface area contributed by atoms with Gasteiger partial charge in [-0.2, -0.15) is 5.26 Å². The molecule has 22 heavy (non-hydrogen) atoms. The molecule has 108 valence electrons. The fraction of sp³-hybridized carbons (Fsp3) is 0. The number of carbonyl (C=O) groups excluding carboxylic acids is 1. The third kappa shape index (κ3) is 3.35. The van der Waals surface area contributed by atoms with E-state index >= 15 is 0 Å². The molecule has 2 rings (SSSR count). The van der Waals surface area contributed by atoms with Gasteiger partial charge in [0.1, 0.15) is 0 Å². The summed E-state index contributed by atoms with van der Waals surface area (Å²) in [6, 6.07) is 13.5. The number of allylic oxidation sites excluding steroid dienone is 1. The molecule has 6 heteroatoms. The monoisotopic (exact) mass is 293 g/mol. The molecule has 0 radical (unpaired) electrons. The Bertz CT molecular complexity index is 784. The van der Waals surface area contributed by atoms with Crippen LogP contribution in [0, 0.1) is 21.4 Å². The molecule has 0 bridgehead atoms. The molecule has 0 spiro atoms. The van der Waals surface area contributed by atoms with Crippen molar-refractivity contribution in [2.45, 2.75) is 0 Å². The van der Waals surface area contributed by atoms with Crippen molar-refractivity contribution in [1.29, 1.82) is 5.26 Å². The van der Waals surface area contributed by atoms with Gasteiger partial charge in [0.2, 0.25) is 0 Å². The minimum Gasteiger partial charge on any atom is -0.545 e. The molecule has 2 aromatic carbocycles. The van der Waals surface area contributed by atoms with Crippen LogP contribution >= 0.6 is 0 Å². The number of carboxylic acid groups (broad SMARTS) is 1. The minimum absolute atomic E-state index is 0.0472. The van der Waals surface area contributed by atoms with Gasteiger partial charge in [0, 0.05) is 12.1 Å². The molecule has 0 heterocycles. The van der Waals surface area contributed by atoms with Gasteiger partial charge in [0.15, 0.2) is 0 Å². The molecule has 0 saturated heterocycles. The number of nitrogens with zero attached hydrogens (tertiary/aromatic N) is 2. The lowest BCUT2D eigenvalue weighted by Gasteiger charge is -2.03. The third-order valence-electron chi connectivity index (χ3n) is 2.97. The molecule has 0 saturated carbocycles. The van der Waals surface area contributed by atoms with Gasteiger partial charge in [-0.15, -0.1) is 0 Å². The molecule has 0 amide bonds. The van der Waals surface area contributed by atoms with Crippen LogP contribution in [0.3, 0.4) is 0 Å². The summed E-state index contributed by atoms with van der Waals surface area (Å²) >= 11 is 0. The molecule has 0 N–H and O–H groups in total. The lowest BCUT2D eigenvalue weighted by atomic mass is 10.0. The van der Waals surface area contributed by atoms with Gasteiger partial charge < -0.3 is 9.90 Å². The van der Waals surface area contributed by atoms with E-state index in [9.17, 15) is 25.3 Å². The minimum atomic E-state index is -1.27. The number of hydrogen-bond acceptors (Lipinski definition) is 5. The van der Waals surface area contributed by atoms with Crippen LogP contribution in [0.1, 0.15) is 21.5 Å². The Morgan fingerprint density at radius 1 is 1.05 bits per heavy atom. The highest BCUT2D eigenvalue weighted by Crippen LogP contribution is 2.21. The van der Waals surface area contributed by atoms with Crippen molar-refractivity contribution in [3.63, 3.8) is 0 Å². The molecule has 0 atom stereocenters. The first-order valence-electron chi connectivity index (χ1n) is 6.19. The van der Waals surface area contributed by atoms with Gasteiger partial charge in [0.25, 0.3) is 5.69 Å². The summed E-state index contributed by atoms with van der Waals surface area (Å²) in [4.78, 5) is 20.8. The molecule has 0 aromatic heterocycles. The second kappa shape index (κ2) is 6.33. The average Bonchev–Trinajstić information content (AvgIpc) is 2.53. The van der Waals surface area contributed by atoms with E-state index in [4.69, 9.17) is 0 Å². The number of benzene rings is 2. The number of nitro groups is 1. The summed E-state index contributed by atoms with van der Waals surface area (Å²) in [6.45, 7) is 0. The zero-order valence-corrected chi connectivity index (χ0v) is 11.2. The van der Waals surface area contributed by atoms with Gasteiger partial charge in [-0.3, -0.25) is 10.1 Å². The SMILES string of the molecule is N#CC(=Cc1ccc(C(=O)[O-])cc1)c1ccc([N+](=O)[O-])cc1. The maximum Gasteiger partial charge on any atom is 0.269 e. The van der Waals surface area contributed by atoms with E-state index in [2.05, 4.69) is 0 Å². The lowest BCUT2D eigenvalue weighted by molar-refractivity contribution is -0.384. The van der Waals surface area contributed by atoms with E-state index in [1.165, 1.54) is 36.4 Å². The predicted molar refractivity (Wildman–Crippen MR) is 77.4 cm³/mol. The van der Waals surface area contributed by atoms with Gasteiger partial charge in [-0.1, -0.05) is 24.3 Å². The van der Waals surface area contributed by atoms with Crippen LogP contribution in [-0.4, -0.2) is 10.9 Å². The highest BCUT2D eigenvalue weighted by molar-refractivity contribution is 5.91. The Hall–Kier alpha value is -3.46. The highest BCUT2D eigenvalue weighted by Gasteiger charge is 2.07. The van der Waals surface area contributed by atoms with E-state index in [1.807, 2.05) is 6.07 Å². The van der Waals surface area contributed by atoms with Crippen molar-refractivity contribution in [3.8, 4) is 6.07 Å². The molecule has 6 nitrogen and oxygen atoms in total. The second-order valence-corrected chi connectivity index (χ2v) is 4.38. The molecule has 0 unspecified atom stereocenters. The zero-order chi connectivity index (χ0) is 16.1. The maximum absolute atomic E-state index is 10.7. The Balaban J connectivity index is 2.32. The van der Waals surface area contributed by atoms with Crippen LogP contribution in [0.5, 0.6) is 0 Å². The van der Waals surface area contributed by atoms with Crippen LogP contribution in [0.2, 0.25) is 0 Å². The Morgan fingerprint density at radius 3 is 2.05 bits per heavy atom. The first kappa shape index (κ1) is 14.9. The summed E-state index contributed by atoms with van der Waals surface area (Å²) < 4.78 is 0. The lowest BCUT2D eigenvalue weighted by Crippen LogP contribution is -2.21. The largest absolute Gasteiger partial charge is 0.545 e. The standard InChI is InChI=1S/C16H10N2O4/c17-10-14(12-5-7-15(8-6-12)18(21)22)9-11-1-3-13(4-2-11)16(19)20/h1-9H,(H,19,20)/p-1. The molecular formula is C16H9N2O4-. The van der Waals surface area contributed by atoms with Crippen molar-refractivity contribution >= 4 is 23.3 Å². The van der Waals surface area contributed by atoms with Crippen molar-refractivity contribution in [2.75, 3.05) is 0 Å². The Kier molecular flexibility index (Phi) is 4.30. The number of non-ortho nitro benzene ring substituents is 1. The number of nitriles is 1. The number of rotatable bonds is 4. The highest BCUT2D eigenvalue weighted by atomic mass is 16.6. The van der Waals surface area contributed by atoms with Crippen LogP contribution in [0.25, 0.3) is 11.6 Å².